The van der Waals surface area contributed by atoms with Crippen LogP contribution in [0.25, 0.3) is 0 Å². The minimum Gasteiger partial charge on any atom is -0.474 e. The molecule has 1 atom stereocenters. The highest BCUT2D eigenvalue weighted by molar-refractivity contribution is 5.78. The fourth-order valence-corrected chi connectivity index (χ4v) is 0.734. The van der Waals surface area contributed by atoms with Crippen molar-refractivity contribution in [2.45, 2.75) is 13.0 Å². The lowest BCUT2D eigenvalue weighted by molar-refractivity contribution is -0.465. The van der Waals surface area contributed by atoms with Gasteiger partial charge in [-0.15, -0.1) is 0 Å². The summed E-state index contributed by atoms with van der Waals surface area (Å²) >= 11 is 0. The van der Waals surface area contributed by atoms with Gasteiger partial charge in [0.1, 0.15) is 6.61 Å². The molecule has 0 spiro atoms. The Kier molecular flexibility index (Phi) is 1.84. The lowest BCUT2D eigenvalue weighted by atomic mass is 10.4. The molecule has 1 aliphatic rings. The SMILES string of the molecule is CC1COC(C[N+](=O)[O-])=N1. The number of ether oxygens (including phenoxy) is 1. The zero-order valence-corrected chi connectivity index (χ0v) is 5.61. The van der Waals surface area contributed by atoms with Gasteiger partial charge in [0.2, 0.25) is 0 Å². The molecule has 1 aliphatic heterocycles. The third-order valence-electron chi connectivity index (χ3n) is 1.12. The molecule has 5 nitrogen and oxygen atoms in total. The van der Waals surface area contributed by atoms with E-state index >= 15 is 0 Å². The molecule has 0 aromatic heterocycles. The second-order valence-electron chi connectivity index (χ2n) is 2.17. The van der Waals surface area contributed by atoms with E-state index in [-0.39, 0.29) is 18.5 Å². The normalized spacial score (nSPS) is 23.7. The number of nitrogens with zero attached hydrogens (tertiary/aromatic N) is 2. The summed E-state index contributed by atoms with van der Waals surface area (Å²) in [5.41, 5.74) is 0. The van der Waals surface area contributed by atoms with Crippen LogP contribution in [-0.4, -0.2) is 30.0 Å². The largest absolute Gasteiger partial charge is 0.474 e. The first-order chi connectivity index (χ1) is 4.68. The average molecular weight is 144 g/mol. The molecule has 0 N–H and O–H groups in total. The predicted molar refractivity (Wildman–Crippen MR) is 34.7 cm³/mol. The van der Waals surface area contributed by atoms with Gasteiger partial charge in [-0.1, -0.05) is 0 Å². The fraction of sp³-hybridized carbons (Fsp3) is 0.800. The first kappa shape index (κ1) is 6.98. The topological polar surface area (TPSA) is 64.7 Å². The molecule has 0 aromatic carbocycles. The van der Waals surface area contributed by atoms with Gasteiger partial charge in [-0.2, -0.15) is 0 Å². The van der Waals surface area contributed by atoms with Gasteiger partial charge in [0.05, 0.1) is 6.04 Å². The molecule has 0 aromatic rings. The van der Waals surface area contributed by atoms with Crippen LogP contribution < -0.4 is 0 Å². The summed E-state index contributed by atoms with van der Waals surface area (Å²) in [6.45, 7) is 2.04. The molecule has 0 saturated heterocycles. The van der Waals surface area contributed by atoms with Crippen LogP contribution in [0.2, 0.25) is 0 Å². The maximum atomic E-state index is 9.91. The third-order valence-corrected chi connectivity index (χ3v) is 1.12. The van der Waals surface area contributed by atoms with Gasteiger partial charge in [-0.25, -0.2) is 4.99 Å². The molecule has 1 unspecified atom stereocenters. The number of hydrogen-bond acceptors (Lipinski definition) is 4. The summed E-state index contributed by atoms with van der Waals surface area (Å²) in [6, 6.07) is 0.0787. The van der Waals surface area contributed by atoms with E-state index in [9.17, 15) is 10.1 Å². The van der Waals surface area contributed by atoms with Crippen LogP contribution in [0.4, 0.5) is 0 Å². The summed E-state index contributed by atoms with van der Waals surface area (Å²) in [5.74, 6) is 0.248. The molecule has 0 bridgehead atoms. The minimum atomic E-state index is -0.448. The number of rotatable bonds is 2. The van der Waals surface area contributed by atoms with Crippen molar-refractivity contribution >= 4 is 5.90 Å². The first-order valence-electron chi connectivity index (χ1n) is 3.00. The molecule has 0 radical (unpaired) electrons. The second kappa shape index (κ2) is 2.64. The summed E-state index contributed by atoms with van der Waals surface area (Å²) in [4.78, 5) is 13.3. The Bertz CT molecular complexity index is 178. The quantitative estimate of drug-likeness (QED) is 0.407. The van der Waals surface area contributed by atoms with Crippen molar-refractivity contribution in [3.8, 4) is 0 Å². The maximum Gasteiger partial charge on any atom is 0.277 e. The Morgan fingerprint density at radius 2 is 2.70 bits per heavy atom. The minimum absolute atomic E-state index is 0.0787. The molecule has 0 saturated carbocycles. The Morgan fingerprint density at radius 1 is 2.00 bits per heavy atom. The second-order valence-corrected chi connectivity index (χ2v) is 2.17. The lowest BCUT2D eigenvalue weighted by Gasteiger charge is -1.93. The van der Waals surface area contributed by atoms with Crippen molar-refractivity contribution in [1.82, 2.24) is 0 Å². The van der Waals surface area contributed by atoms with E-state index in [2.05, 4.69) is 4.99 Å². The predicted octanol–water partition coefficient (Wildman–Crippen LogP) is 0.0803. The molecule has 5 heteroatoms. The summed E-state index contributed by atoms with van der Waals surface area (Å²) in [6.07, 6.45) is 0. The van der Waals surface area contributed by atoms with Crippen LogP contribution in [0.3, 0.4) is 0 Å². The van der Waals surface area contributed by atoms with Crippen molar-refractivity contribution in [1.29, 1.82) is 0 Å². The third kappa shape index (κ3) is 1.68. The van der Waals surface area contributed by atoms with E-state index < -0.39 is 4.92 Å². The number of hydrogen-bond donors (Lipinski definition) is 0. The Labute approximate surface area is 57.9 Å². The van der Waals surface area contributed by atoms with Crippen LogP contribution in [-0.2, 0) is 4.74 Å². The van der Waals surface area contributed by atoms with Gasteiger partial charge in [-0.3, -0.25) is 10.1 Å². The van der Waals surface area contributed by atoms with E-state index in [1.165, 1.54) is 0 Å². The lowest BCUT2D eigenvalue weighted by Crippen LogP contribution is -2.13. The monoisotopic (exact) mass is 144 g/mol. The van der Waals surface area contributed by atoms with Crippen molar-refractivity contribution < 1.29 is 9.66 Å². The van der Waals surface area contributed by atoms with E-state index in [1.54, 1.807) is 0 Å². The molecule has 10 heavy (non-hydrogen) atoms. The van der Waals surface area contributed by atoms with Crippen LogP contribution in [0.15, 0.2) is 4.99 Å². The molecule has 0 amide bonds. The molecular weight excluding hydrogens is 136 g/mol. The van der Waals surface area contributed by atoms with Crippen molar-refractivity contribution in [2.24, 2.45) is 4.99 Å². The summed E-state index contributed by atoms with van der Waals surface area (Å²) < 4.78 is 4.88. The summed E-state index contributed by atoms with van der Waals surface area (Å²) in [7, 11) is 0. The first-order valence-corrected chi connectivity index (χ1v) is 3.00. The zero-order chi connectivity index (χ0) is 7.56. The summed E-state index contributed by atoms with van der Waals surface area (Å²) in [5, 5.41) is 9.91. The van der Waals surface area contributed by atoms with Crippen molar-refractivity contribution in [2.75, 3.05) is 13.2 Å². The van der Waals surface area contributed by atoms with Crippen LogP contribution in [0.1, 0.15) is 6.92 Å². The molecule has 0 aliphatic carbocycles. The highest BCUT2D eigenvalue weighted by Crippen LogP contribution is 2.02. The maximum absolute atomic E-state index is 9.91. The van der Waals surface area contributed by atoms with E-state index in [0.29, 0.717) is 6.61 Å². The number of aliphatic imine (C=N–C) groups is 1. The van der Waals surface area contributed by atoms with E-state index in [4.69, 9.17) is 4.74 Å². The van der Waals surface area contributed by atoms with Gasteiger partial charge >= 0.3 is 0 Å². The van der Waals surface area contributed by atoms with Gasteiger partial charge < -0.3 is 4.74 Å². The Morgan fingerprint density at radius 3 is 3.10 bits per heavy atom. The smallest absolute Gasteiger partial charge is 0.277 e. The van der Waals surface area contributed by atoms with Gasteiger partial charge in [0.25, 0.3) is 12.4 Å². The molecule has 1 heterocycles. The van der Waals surface area contributed by atoms with Crippen LogP contribution in [0, 0.1) is 10.1 Å². The van der Waals surface area contributed by atoms with Crippen LogP contribution in [0.5, 0.6) is 0 Å². The van der Waals surface area contributed by atoms with E-state index in [1.807, 2.05) is 6.92 Å². The highest BCUT2D eigenvalue weighted by atomic mass is 16.6. The standard InChI is InChI=1S/C5H8N2O3/c1-4-3-10-5(6-4)2-7(8)9/h4H,2-3H2,1H3. The van der Waals surface area contributed by atoms with Gasteiger partial charge in [0, 0.05) is 4.92 Å². The Balaban J connectivity index is 2.43. The molecule has 0 fully saturated rings. The van der Waals surface area contributed by atoms with Crippen molar-refractivity contribution in [3.05, 3.63) is 10.1 Å². The molecular formula is C5H8N2O3. The van der Waals surface area contributed by atoms with Gasteiger partial charge in [0.15, 0.2) is 0 Å². The van der Waals surface area contributed by atoms with E-state index in [0.717, 1.165) is 0 Å². The molecule has 56 valence electrons. The van der Waals surface area contributed by atoms with Crippen LogP contribution >= 0.6 is 0 Å². The molecule has 1 rings (SSSR count). The van der Waals surface area contributed by atoms with Gasteiger partial charge in [-0.05, 0) is 6.92 Å². The van der Waals surface area contributed by atoms with Crippen molar-refractivity contribution in [3.63, 3.8) is 0 Å². The number of nitro groups is 1. The fourth-order valence-electron chi connectivity index (χ4n) is 0.734. The zero-order valence-electron chi connectivity index (χ0n) is 5.61. The highest BCUT2D eigenvalue weighted by Gasteiger charge is 2.17. The average Bonchev–Trinajstić information content (AvgIpc) is 2.13. The Hall–Kier alpha value is -1.13.